The van der Waals surface area contributed by atoms with Crippen LogP contribution in [0.25, 0.3) is 0 Å². The molecule has 51 heavy (non-hydrogen) atoms. The fourth-order valence-electron chi connectivity index (χ4n) is 7.68. The largest absolute Gasteiger partial charge is 0.399 e. The number of rotatable bonds is 26. The van der Waals surface area contributed by atoms with Gasteiger partial charge in [-0.2, -0.15) is 0 Å². The molecule has 2 heteroatoms. The molecule has 2 nitrogen and oxygen atoms in total. The standard InChI is InChI=1S/C49H70N2/c1-3-20-44-38-48(50)34-32-46(44)36-42-28-24-40(25-29-42)22-18-16-14-12-10-8-6-5-7-9-11-13-15-17-19-23-41-26-30-43(31-27-41)37-47-33-35-49(51)39-45(47)21-4-2/h24-35,38-39H,3-23,36-37,50-51H2,1-2H3. The molecular formula is C49H70N2. The molecule has 0 bridgehead atoms. The molecule has 4 aromatic rings. The van der Waals surface area contributed by atoms with E-state index in [0.29, 0.717) is 0 Å². The van der Waals surface area contributed by atoms with Gasteiger partial charge in [0.15, 0.2) is 0 Å². The number of nitrogen functional groups attached to an aromatic ring is 2. The fraction of sp³-hybridized carbons (Fsp3) is 0.510. The highest BCUT2D eigenvalue weighted by atomic mass is 14.5. The number of hydrogen-bond acceptors (Lipinski definition) is 2. The Labute approximate surface area is 312 Å². The Balaban J connectivity index is 0.924. The van der Waals surface area contributed by atoms with E-state index in [2.05, 4.69) is 86.6 Å². The topological polar surface area (TPSA) is 52.0 Å². The molecule has 4 aromatic carbocycles. The molecule has 0 aliphatic rings. The second-order valence-corrected chi connectivity index (χ2v) is 15.3. The summed E-state index contributed by atoms with van der Waals surface area (Å²) in [6, 6.07) is 31.5. The summed E-state index contributed by atoms with van der Waals surface area (Å²) < 4.78 is 0. The van der Waals surface area contributed by atoms with E-state index in [9.17, 15) is 0 Å². The lowest BCUT2D eigenvalue weighted by Gasteiger charge is -2.11. The number of unbranched alkanes of at least 4 members (excludes halogenated alkanes) is 14. The van der Waals surface area contributed by atoms with Crippen molar-refractivity contribution in [2.45, 2.75) is 162 Å². The molecule has 0 aliphatic carbocycles. The van der Waals surface area contributed by atoms with E-state index >= 15 is 0 Å². The summed E-state index contributed by atoms with van der Waals surface area (Å²) in [5.74, 6) is 0. The molecule has 0 aromatic heterocycles. The minimum atomic E-state index is 0.877. The first-order valence-electron chi connectivity index (χ1n) is 20.9. The number of anilines is 2. The second-order valence-electron chi connectivity index (χ2n) is 15.3. The molecule has 0 atom stereocenters. The van der Waals surface area contributed by atoms with E-state index in [1.165, 1.54) is 154 Å². The molecule has 276 valence electrons. The lowest BCUT2D eigenvalue weighted by atomic mass is 9.95. The van der Waals surface area contributed by atoms with E-state index in [1.54, 1.807) is 0 Å². The normalized spacial score (nSPS) is 11.3. The Kier molecular flexibility index (Phi) is 18.8. The average molecular weight is 687 g/mol. The first-order chi connectivity index (χ1) is 25.0. The Morgan fingerprint density at radius 1 is 0.314 bits per heavy atom. The Morgan fingerprint density at radius 3 is 0.922 bits per heavy atom. The van der Waals surface area contributed by atoms with Crippen LogP contribution in [-0.2, 0) is 38.5 Å². The van der Waals surface area contributed by atoms with Gasteiger partial charge in [-0.25, -0.2) is 0 Å². The summed E-state index contributed by atoms with van der Waals surface area (Å²) in [7, 11) is 0. The van der Waals surface area contributed by atoms with E-state index in [0.717, 1.165) is 49.9 Å². The molecule has 4 N–H and O–H groups in total. The molecule has 0 unspecified atom stereocenters. The van der Waals surface area contributed by atoms with Crippen molar-refractivity contribution >= 4 is 11.4 Å². The van der Waals surface area contributed by atoms with Crippen molar-refractivity contribution < 1.29 is 0 Å². The van der Waals surface area contributed by atoms with Crippen molar-refractivity contribution in [1.82, 2.24) is 0 Å². The monoisotopic (exact) mass is 687 g/mol. The maximum Gasteiger partial charge on any atom is 0.0316 e. The zero-order valence-electron chi connectivity index (χ0n) is 32.5. The van der Waals surface area contributed by atoms with Gasteiger partial charge in [0.25, 0.3) is 0 Å². The third kappa shape index (κ3) is 15.7. The van der Waals surface area contributed by atoms with E-state index in [1.807, 2.05) is 12.1 Å². The highest BCUT2D eigenvalue weighted by molar-refractivity contribution is 5.47. The fourth-order valence-corrected chi connectivity index (χ4v) is 7.68. The van der Waals surface area contributed by atoms with Crippen molar-refractivity contribution in [3.05, 3.63) is 129 Å². The predicted molar refractivity (Wildman–Crippen MR) is 225 cm³/mol. The predicted octanol–water partition coefficient (Wildman–Crippen LogP) is 13.6. The summed E-state index contributed by atoms with van der Waals surface area (Å²) in [5, 5.41) is 0. The van der Waals surface area contributed by atoms with Gasteiger partial charge in [0.1, 0.15) is 0 Å². The van der Waals surface area contributed by atoms with Crippen molar-refractivity contribution in [2.75, 3.05) is 11.5 Å². The van der Waals surface area contributed by atoms with E-state index < -0.39 is 0 Å². The zero-order chi connectivity index (χ0) is 35.9. The van der Waals surface area contributed by atoms with Gasteiger partial charge in [-0.3, -0.25) is 0 Å². The van der Waals surface area contributed by atoms with Crippen LogP contribution < -0.4 is 11.5 Å². The molecular weight excluding hydrogens is 617 g/mol. The molecule has 0 spiro atoms. The van der Waals surface area contributed by atoms with Crippen LogP contribution >= 0.6 is 0 Å². The third-order valence-electron chi connectivity index (χ3n) is 10.8. The van der Waals surface area contributed by atoms with Crippen molar-refractivity contribution in [2.24, 2.45) is 0 Å². The van der Waals surface area contributed by atoms with Crippen LogP contribution in [0.2, 0.25) is 0 Å². The van der Waals surface area contributed by atoms with Gasteiger partial charge in [-0.15, -0.1) is 0 Å². The minimum absolute atomic E-state index is 0.877. The first-order valence-corrected chi connectivity index (χ1v) is 20.9. The lowest BCUT2D eigenvalue weighted by Crippen LogP contribution is -1.98. The molecule has 0 fully saturated rings. The van der Waals surface area contributed by atoms with Crippen LogP contribution in [0.3, 0.4) is 0 Å². The highest BCUT2D eigenvalue weighted by Gasteiger charge is 2.06. The minimum Gasteiger partial charge on any atom is -0.399 e. The number of aryl methyl sites for hydroxylation is 4. The number of hydrogen-bond donors (Lipinski definition) is 2. The summed E-state index contributed by atoms with van der Waals surface area (Å²) >= 11 is 0. The van der Waals surface area contributed by atoms with Gasteiger partial charge in [0, 0.05) is 11.4 Å². The maximum absolute atomic E-state index is 6.03. The van der Waals surface area contributed by atoms with Gasteiger partial charge in [-0.05, 0) is 120 Å². The average Bonchev–Trinajstić information content (AvgIpc) is 3.13. The van der Waals surface area contributed by atoms with Crippen molar-refractivity contribution in [1.29, 1.82) is 0 Å². The molecule has 0 aliphatic heterocycles. The van der Waals surface area contributed by atoms with Crippen LogP contribution in [0.4, 0.5) is 11.4 Å². The Morgan fingerprint density at radius 2 is 0.608 bits per heavy atom. The van der Waals surface area contributed by atoms with E-state index in [-0.39, 0.29) is 0 Å². The van der Waals surface area contributed by atoms with Crippen LogP contribution in [0, 0.1) is 0 Å². The van der Waals surface area contributed by atoms with Crippen LogP contribution in [0.1, 0.15) is 168 Å². The van der Waals surface area contributed by atoms with Gasteiger partial charge in [-0.1, -0.05) is 171 Å². The Bertz CT molecular complexity index is 1390. The quantitative estimate of drug-likeness (QED) is 0.0510. The van der Waals surface area contributed by atoms with Gasteiger partial charge >= 0.3 is 0 Å². The lowest BCUT2D eigenvalue weighted by molar-refractivity contribution is 0.530. The Hall–Kier alpha value is -3.52. The van der Waals surface area contributed by atoms with E-state index in [4.69, 9.17) is 11.5 Å². The second kappa shape index (κ2) is 23.9. The molecule has 4 rings (SSSR count). The van der Waals surface area contributed by atoms with Crippen LogP contribution in [0.5, 0.6) is 0 Å². The molecule has 0 amide bonds. The maximum atomic E-state index is 6.03. The number of benzene rings is 4. The van der Waals surface area contributed by atoms with Crippen molar-refractivity contribution in [3.63, 3.8) is 0 Å². The molecule has 0 saturated carbocycles. The first kappa shape index (κ1) is 40.3. The highest BCUT2D eigenvalue weighted by Crippen LogP contribution is 2.22. The summed E-state index contributed by atoms with van der Waals surface area (Å²) in [4.78, 5) is 0. The third-order valence-corrected chi connectivity index (χ3v) is 10.8. The van der Waals surface area contributed by atoms with Crippen LogP contribution in [0.15, 0.2) is 84.9 Å². The summed E-state index contributed by atoms with van der Waals surface area (Å²) in [5.41, 5.74) is 25.2. The summed E-state index contributed by atoms with van der Waals surface area (Å²) in [6.07, 6.45) is 29.9. The van der Waals surface area contributed by atoms with Crippen molar-refractivity contribution in [3.8, 4) is 0 Å². The number of nitrogens with two attached hydrogens (primary N) is 2. The van der Waals surface area contributed by atoms with Crippen LogP contribution in [-0.4, -0.2) is 0 Å². The smallest absolute Gasteiger partial charge is 0.0316 e. The SMILES string of the molecule is CCCc1cc(N)ccc1Cc1ccc(CCCCCCCCCCCCCCCCCc2ccc(Cc3ccc(N)cc3CCC)cc2)cc1. The van der Waals surface area contributed by atoms with Gasteiger partial charge in [0.2, 0.25) is 0 Å². The van der Waals surface area contributed by atoms with Gasteiger partial charge in [0.05, 0.1) is 0 Å². The molecule has 0 radical (unpaired) electrons. The van der Waals surface area contributed by atoms with Gasteiger partial charge < -0.3 is 11.5 Å². The molecule has 0 saturated heterocycles. The zero-order valence-corrected chi connectivity index (χ0v) is 32.5. The molecule has 0 heterocycles. The summed E-state index contributed by atoms with van der Waals surface area (Å²) in [6.45, 7) is 4.48.